The third-order valence-electron chi connectivity index (χ3n) is 8.42. The predicted octanol–water partition coefficient (Wildman–Crippen LogP) is 6.58. The highest BCUT2D eigenvalue weighted by Gasteiger charge is 2.37. The first-order chi connectivity index (χ1) is 20.1. The van der Waals surface area contributed by atoms with Crippen LogP contribution in [0.4, 0.5) is 13.2 Å². The molecule has 0 radical (unpaired) electrons. The van der Waals surface area contributed by atoms with Gasteiger partial charge in [0.1, 0.15) is 11.9 Å². The fraction of sp³-hybridized carbons (Fsp3) is 0.424. The van der Waals surface area contributed by atoms with Crippen molar-refractivity contribution in [2.24, 2.45) is 0 Å². The second kappa shape index (κ2) is 13.1. The topological polar surface area (TPSA) is 44.8 Å². The first kappa shape index (κ1) is 30.4. The number of nitrogens with zero attached hydrogens (tertiary/aromatic N) is 2. The molecule has 2 saturated heterocycles. The zero-order valence-corrected chi connectivity index (χ0v) is 24.9. The molecule has 0 saturated carbocycles. The molecule has 2 aliphatic heterocycles. The van der Waals surface area contributed by atoms with Crippen LogP contribution in [0.5, 0.6) is 5.75 Å². The maximum Gasteiger partial charge on any atom is 0.416 e. The molecule has 1 amide bonds. The van der Waals surface area contributed by atoms with Gasteiger partial charge in [0.2, 0.25) is 0 Å². The summed E-state index contributed by atoms with van der Waals surface area (Å²) in [6, 6.07) is 20.7. The lowest BCUT2D eigenvalue weighted by atomic mass is 9.97. The van der Waals surface area contributed by atoms with Gasteiger partial charge in [0.05, 0.1) is 5.56 Å². The molecule has 0 spiro atoms. The molecule has 5 rings (SSSR count). The summed E-state index contributed by atoms with van der Waals surface area (Å²) in [6.45, 7) is 3.15. The van der Waals surface area contributed by atoms with E-state index < -0.39 is 11.7 Å². The van der Waals surface area contributed by atoms with E-state index in [2.05, 4.69) is 35.3 Å². The van der Waals surface area contributed by atoms with E-state index in [0.29, 0.717) is 17.9 Å². The Hall–Kier alpha value is -3.01. The van der Waals surface area contributed by atoms with Crippen molar-refractivity contribution < 1.29 is 22.7 Å². The zero-order chi connectivity index (χ0) is 29.7. The molecule has 1 N–H and O–H groups in total. The van der Waals surface area contributed by atoms with E-state index in [1.54, 1.807) is 0 Å². The third-order valence-corrected chi connectivity index (χ3v) is 9.66. The molecule has 0 aliphatic carbocycles. The van der Waals surface area contributed by atoms with Crippen LogP contribution in [0, 0.1) is 0 Å². The second-order valence-electron chi connectivity index (χ2n) is 11.5. The van der Waals surface area contributed by atoms with Gasteiger partial charge < -0.3 is 15.0 Å². The molecule has 0 bridgehead atoms. The maximum atomic E-state index is 13.0. The van der Waals surface area contributed by atoms with Gasteiger partial charge in [0.15, 0.2) is 0 Å². The summed E-state index contributed by atoms with van der Waals surface area (Å²) in [6.07, 6.45) is -1.45. The lowest BCUT2D eigenvalue weighted by molar-refractivity contribution is -0.137. The number of hydrogen-bond donors (Lipinski definition) is 1. The molecule has 2 aliphatic rings. The van der Waals surface area contributed by atoms with Crippen molar-refractivity contribution in [3.05, 3.63) is 89.5 Å². The predicted molar refractivity (Wildman–Crippen MR) is 163 cm³/mol. The average molecular weight is 598 g/mol. The Kier molecular flexibility index (Phi) is 9.50. The van der Waals surface area contributed by atoms with Crippen LogP contribution in [0.25, 0.3) is 11.1 Å². The van der Waals surface area contributed by atoms with Crippen LogP contribution < -0.4 is 10.1 Å². The van der Waals surface area contributed by atoms with Gasteiger partial charge in [-0.2, -0.15) is 24.9 Å². The largest absolute Gasteiger partial charge is 0.490 e. The molecule has 5 nitrogen and oxygen atoms in total. The number of ether oxygens (including phenoxy) is 1. The highest BCUT2D eigenvalue weighted by molar-refractivity contribution is 7.99. The number of alkyl halides is 3. The van der Waals surface area contributed by atoms with E-state index in [0.717, 1.165) is 79.2 Å². The molecule has 3 aromatic carbocycles. The van der Waals surface area contributed by atoms with E-state index in [4.69, 9.17) is 4.74 Å². The smallest absolute Gasteiger partial charge is 0.416 e. The molecule has 2 fully saturated rings. The summed E-state index contributed by atoms with van der Waals surface area (Å²) >= 11 is 1.93. The SMILES string of the molecule is CN(C)C1(CNC(=O)c2cccc(OC3CCN(Cc4cccc(-c5ccc(C(F)(F)F)cc5)c4)CC3)c2)CCSC1. The lowest BCUT2D eigenvalue weighted by Gasteiger charge is -2.35. The standard InChI is InChI=1S/C33H38F3N3O2S/c1-38(2)32(15-18-42-23-32)22-37-31(40)27-7-4-8-30(20-27)41-29-13-16-39(17-14-29)21-24-5-3-6-26(19-24)25-9-11-28(12-10-25)33(34,35)36/h3-12,19-20,29H,13-18,21-23H2,1-2H3,(H,37,40). The molecule has 1 atom stereocenters. The van der Waals surface area contributed by atoms with Crippen LogP contribution in [0.15, 0.2) is 72.8 Å². The van der Waals surface area contributed by atoms with Crippen molar-refractivity contribution in [3.8, 4) is 16.9 Å². The first-order valence-electron chi connectivity index (χ1n) is 14.4. The summed E-state index contributed by atoms with van der Waals surface area (Å²) in [4.78, 5) is 17.6. The highest BCUT2D eigenvalue weighted by Crippen LogP contribution is 2.32. The fourth-order valence-corrected chi connectivity index (χ4v) is 7.19. The minimum Gasteiger partial charge on any atom is -0.490 e. The summed E-state index contributed by atoms with van der Waals surface area (Å²) < 4.78 is 45.1. The number of thioether (sulfide) groups is 1. The Morgan fingerprint density at radius 2 is 1.76 bits per heavy atom. The average Bonchev–Trinajstić information content (AvgIpc) is 3.48. The highest BCUT2D eigenvalue weighted by atomic mass is 32.2. The summed E-state index contributed by atoms with van der Waals surface area (Å²) in [5, 5.41) is 3.14. The Bertz CT molecular complexity index is 1350. The second-order valence-corrected chi connectivity index (χ2v) is 12.6. The Balaban J connectivity index is 1.11. The molecule has 42 heavy (non-hydrogen) atoms. The number of nitrogens with one attached hydrogen (secondary N) is 1. The number of likely N-dealkylation sites (N-methyl/N-ethyl adjacent to an activating group) is 1. The minimum atomic E-state index is -4.34. The van der Waals surface area contributed by atoms with Gasteiger partial charge in [0.25, 0.3) is 5.91 Å². The van der Waals surface area contributed by atoms with Crippen LogP contribution in [0.2, 0.25) is 0 Å². The molecule has 224 valence electrons. The Morgan fingerprint density at radius 3 is 2.43 bits per heavy atom. The summed E-state index contributed by atoms with van der Waals surface area (Å²) in [7, 11) is 4.16. The number of carbonyl (C=O) groups excluding carboxylic acids is 1. The number of amides is 1. The Morgan fingerprint density at radius 1 is 1.02 bits per heavy atom. The quantitative estimate of drug-likeness (QED) is 0.302. The number of piperidine rings is 1. The summed E-state index contributed by atoms with van der Waals surface area (Å²) in [5.74, 6) is 2.77. The molecule has 3 aromatic rings. The molecule has 9 heteroatoms. The zero-order valence-electron chi connectivity index (χ0n) is 24.1. The van der Waals surface area contributed by atoms with Gasteiger partial charge >= 0.3 is 6.18 Å². The van der Waals surface area contributed by atoms with Crippen molar-refractivity contribution in [2.45, 2.75) is 43.6 Å². The molecule has 0 aromatic heterocycles. The molecular formula is C33H38F3N3O2S. The van der Waals surface area contributed by atoms with Crippen LogP contribution in [-0.4, -0.2) is 72.6 Å². The number of hydrogen-bond acceptors (Lipinski definition) is 5. The van der Waals surface area contributed by atoms with E-state index in [9.17, 15) is 18.0 Å². The van der Waals surface area contributed by atoms with Gasteiger partial charge in [-0.15, -0.1) is 0 Å². The van der Waals surface area contributed by atoms with Crippen LogP contribution in [-0.2, 0) is 12.7 Å². The van der Waals surface area contributed by atoms with E-state index in [-0.39, 0.29) is 17.6 Å². The maximum absolute atomic E-state index is 13.0. The monoisotopic (exact) mass is 597 g/mol. The minimum absolute atomic E-state index is 0.00589. The number of rotatable bonds is 9. The molecule has 1 unspecified atom stereocenters. The fourth-order valence-electron chi connectivity index (χ4n) is 5.64. The van der Waals surface area contributed by atoms with Crippen molar-refractivity contribution in [1.29, 1.82) is 0 Å². The van der Waals surface area contributed by atoms with Crippen molar-refractivity contribution >= 4 is 17.7 Å². The van der Waals surface area contributed by atoms with Gasteiger partial charge in [-0.05, 0) is 92.2 Å². The number of halogens is 3. The number of carbonyl (C=O) groups is 1. The number of likely N-dealkylation sites (tertiary alicyclic amines) is 1. The van der Waals surface area contributed by atoms with Gasteiger partial charge in [-0.25, -0.2) is 0 Å². The van der Waals surface area contributed by atoms with Gasteiger partial charge in [-0.1, -0.05) is 36.4 Å². The van der Waals surface area contributed by atoms with Crippen molar-refractivity contribution in [2.75, 3.05) is 45.2 Å². The van der Waals surface area contributed by atoms with E-state index in [1.807, 2.05) is 54.2 Å². The van der Waals surface area contributed by atoms with Gasteiger partial charge in [0, 0.05) is 43.0 Å². The van der Waals surface area contributed by atoms with Crippen molar-refractivity contribution in [3.63, 3.8) is 0 Å². The number of benzene rings is 3. The Labute approximate surface area is 250 Å². The summed E-state index contributed by atoms with van der Waals surface area (Å²) in [5.41, 5.74) is 2.77. The van der Waals surface area contributed by atoms with Crippen LogP contribution in [0.3, 0.4) is 0 Å². The van der Waals surface area contributed by atoms with E-state index in [1.165, 1.54) is 12.1 Å². The normalized spacial score (nSPS) is 20.1. The van der Waals surface area contributed by atoms with Crippen molar-refractivity contribution in [1.82, 2.24) is 15.1 Å². The van der Waals surface area contributed by atoms with E-state index >= 15 is 0 Å². The molecule has 2 heterocycles. The third kappa shape index (κ3) is 7.49. The van der Waals surface area contributed by atoms with Gasteiger partial charge in [-0.3, -0.25) is 9.69 Å². The van der Waals surface area contributed by atoms with Crippen LogP contribution in [0.1, 0.15) is 40.7 Å². The first-order valence-corrected chi connectivity index (χ1v) is 15.6. The lowest BCUT2D eigenvalue weighted by Crippen LogP contribution is -2.53. The molecular weight excluding hydrogens is 559 g/mol. The van der Waals surface area contributed by atoms with Crippen LogP contribution >= 0.6 is 11.8 Å².